The summed E-state index contributed by atoms with van der Waals surface area (Å²) >= 11 is 0. The number of phenolic OH excluding ortho intramolecular Hbond substituents is 1. The minimum absolute atomic E-state index is 0.0236. The Hall–Kier alpha value is -3.02. The number of aromatic carboxylic acids is 1. The first-order valence-electron chi connectivity index (χ1n) is 7.91. The Bertz CT molecular complexity index is 768. The van der Waals surface area contributed by atoms with Crippen LogP contribution in [0.4, 0.5) is 5.69 Å². The average Bonchev–Trinajstić information content (AvgIpc) is 2.57. The van der Waals surface area contributed by atoms with E-state index in [1.54, 1.807) is 19.1 Å². The number of benzene rings is 2. The highest BCUT2D eigenvalue weighted by atomic mass is 16.5. The van der Waals surface area contributed by atoms with Gasteiger partial charge >= 0.3 is 5.97 Å². The smallest absolute Gasteiger partial charge is 0.335 e. The standard InChI is InChI=1S/C19H21NO5/c1-11(2)13-4-7-15(8-5-13)25-12(3)18(22)20-16-10-14(19(23)24)6-9-17(16)21/h4-12,21H,1-3H3,(H,20,22)(H,23,24). The second kappa shape index (κ2) is 7.70. The molecule has 0 spiro atoms. The third-order valence-electron chi connectivity index (χ3n) is 3.73. The van der Waals surface area contributed by atoms with Crippen LogP contribution < -0.4 is 10.1 Å². The van der Waals surface area contributed by atoms with E-state index in [0.717, 1.165) is 0 Å². The third kappa shape index (κ3) is 4.73. The predicted octanol–water partition coefficient (Wildman–Crippen LogP) is 3.62. The highest BCUT2D eigenvalue weighted by Gasteiger charge is 2.17. The molecule has 0 saturated heterocycles. The first kappa shape index (κ1) is 18.3. The first-order chi connectivity index (χ1) is 11.8. The van der Waals surface area contributed by atoms with E-state index >= 15 is 0 Å². The maximum absolute atomic E-state index is 12.2. The summed E-state index contributed by atoms with van der Waals surface area (Å²) in [4.78, 5) is 23.2. The Morgan fingerprint density at radius 3 is 2.24 bits per heavy atom. The highest BCUT2D eigenvalue weighted by Crippen LogP contribution is 2.25. The van der Waals surface area contributed by atoms with Gasteiger partial charge in [-0.25, -0.2) is 4.79 Å². The molecule has 0 fully saturated rings. The zero-order valence-electron chi connectivity index (χ0n) is 14.3. The number of carboxylic acid groups (broad SMARTS) is 1. The zero-order valence-corrected chi connectivity index (χ0v) is 14.3. The van der Waals surface area contributed by atoms with Crippen molar-refractivity contribution in [1.82, 2.24) is 0 Å². The summed E-state index contributed by atoms with van der Waals surface area (Å²) in [7, 11) is 0. The predicted molar refractivity (Wildman–Crippen MR) is 94.3 cm³/mol. The van der Waals surface area contributed by atoms with E-state index < -0.39 is 18.0 Å². The monoisotopic (exact) mass is 343 g/mol. The van der Waals surface area contributed by atoms with E-state index in [1.165, 1.54) is 23.8 Å². The van der Waals surface area contributed by atoms with E-state index in [0.29, 0.717) is 11.7 Å². The van der Waals surface area contributed by atoms with Crippen LogP contribution in [0.25, 0.3) is 0 Å². The van der Waals surface area contributed by atoms with Gasteiger partial charge in [-0.3, -0.25) is 4.79 Å². The maximum atomic E-state index is 12.2. The molecule has 0 aromatic heterocycles. The molecule has 0 heterocycles. The van der Waals surface area contributed by atoms with Crippen molar-refractivity contribution in [2.45, 2.75) is 32.8 Å². The van der Waals surface area contributed by atoms with Gasteiger partial charge in [-0.15, -0.1) is 0 Å². The number of hydrogen-bond donors (Lipinski definition) is 3. The summed E-state index contributed by atoms with van der Waals surface area (Å²) in [6, 6.07) is 11.1. The fourth-order valence-corrected chi connectivity index (χ4v) is 2.19. The van der Waals surface area contributed by atoms with Crippen LogP contribution in [0.1, 0.15) is 42.6 Å². The number of carbonyl (C=O) groups excluding carboxylic acids is 1. The minimum Gasteiger partial charge on any atom is -0.506 e. The number of rotatable bonds is 6. The molecular formula is C19H21NO5. The number of anilines is 1. The summed E-state index contributed by atoms with van der Waals surface area (Å²) in [6.45, 7) is 5.75. The Morgan fingerprint density at radius 1 is 1.04 bits per heavy atom. The van der Waals surface area contributed by atoms with Crippen molar-refractivity contribution in [1.29, 1.82) is 0 Å². The van der Waals surface area contributed by atoms with Crippen LogP contribution >= 0.6 is 0 Å². The van der Waals surface area contributed by atoms with Gasteiger partial charge in [-0.05, 0) is 48.7 Å². The van der Waals surface area contributed by atoms with Crippen LogP contribution in [-0.2, 0) is 4.79 Å². The molecule has 2 aromatic rings. The molecule has 1 atom stereocenters. The van der Waals surface area contributed by atoms with Crippen molar-refractivity contribution >= 4 is 17.6 Å². The number of phenols is 1. The topological polar surface area (TPSA) is 95.9 Å². The number of carboxylic acids is 1. The van der Waals surface area contributed by atoms with Crippen LogP contribution in [0.3, 0.4) is 0 Å². The molecule has 2 aromatic carbocycles. The lowest BCUT2D eigenvalue weighted by molar-refractivity contribution is -0.122. The second-order valence-corrected chi connectivity index (χ2v) is 6.01. The molecule has 0 aliphatic carbocycles. The number of ether oxygens (including phenoxy) is 1. The van der Waals surface area contributed by atoms with Gasteiger partial charge in [-0.2, -0.15) is 0 Å². The number of amides is 1. The molecule has 25 heavy (non-hydrogen) atoms. The van der Waals surface area contributed by atoms with Crippen molar-refractivity contribution in [3.63, 3.8) is 0 Å². The molecule has 0 aliphatic rings. The molecule has 2 rings (SSSR count). The lowest BCUT2D eigenvalue weighted by Crippen LogP contribution is -2.30. The van der Waals surface area contributed by atoms with E-state index in [-0.39, 0.29) is 17.0 Å². The van der Waals surface area contributed by atoms with E-state index in [9.17, 15) is 14.7 Å². The molecule has 0 aliphatic heterocycles. The van der Waals surface area contributed by atoms with Crippen molar-refractivity contribution in [3.05, 3.63) is 53.6 Å². The van der Waals surface area contributed by atoms with Gasteiger partial charge in [0.05, 0.1) is 11.3 Å². The summed E-state index contributed by atoms with van der Waals surface area (Å²) in [6.07, 6.45) is -0.821. The lowest BCUT2D eigenvalue weighted by atomic mass is 10.0. The largest absolute Gasteiger partial charge is 0.506 e. The molecule has 6 heteroatoms. The van der Waals surface area contributed by atoms with Crippen LogP contribution in [-0.4, -0.2) is 28.2 Å². The van der Waals surface area contributed by atoms with Crippen LogP contribution in [0, 0.1) is 0 Å². The van der Waals surface area contributed by atoms with Crippen molar-refractivity contribution < 1.29 is 24.5 Å². The van der Waals surface area contributed by atoms with Crippen LogP contribution in [0.5, 0.6) is 11.5 Å². The fraction of sp³-hybridized carbons (Fsp3) is 0.263. The number of nitrogens with one attached hydrogen (secondary N) is 1. The van der Waals surface area contributed by atoms with Gasteiger partial charge in [0.2, 0.25) is 0 Å². The second-order valence-electron chi connectivity index (χ2n) is 6.01. The highest BCUT2D eigenvalue weighted by molar-refractivity contribution is 5.97. The Kier molecular flexibility index (Phi) is 5.64. The normalized spacial score (nSPS) is 11.8. The van der Waals surface area contributed by atoms with Gasteiger partial charge in [-0.1, -0.05) is 26.0 Å². The van der Waals surface area contributed by atoms with Crippen molar-refractivity contribution in [3.8, 4) is 11.5 Å². The van der Waals surface area contributed by atoms with Crippen LogP contribution in [0.15, 0.2) is 42.5 Å². The fourth-order valence-electron chi connectivity index (χ4n) is 2.19. The minimum atomic E-state index is -1.15. The molecule has 3 N–H and O–H groups in total. The van der Waals surface area contributed by atoms with Crippen molar-refractivity contribution in [2.75, 3.05) is 5.32 Å². The van der Waals surface area contributed by atoms with Gasteiger partial charge < -0.3 is 20.3 Å². The van der Waals surface area contributed by atoms with Gasteiger partial charge in [0.15, 0.2) is 6.10 Å². The van der Waals surface area contributed by atoms with Gasteiger partial charge in [0, 0.05) is 0 Å². The average molecular weight is 343 g/mol. The summed E-state index contributed by atoms with van der Waals surface area (Å²) in [5.74, 6) is -0.905. The Balaban J connectivity index is 2.05. The van der Waals surface area contributed by atoms with Gasteiger partial charge in [0.1, 0.15) is 11.5 Å². The molecule has 1 unspecified atom stereocenters. The molecule has 1 amide bonds. The summed E-state index contributed by atoms with van der Waals surface area (Å²) < 4.78 is 5.59. The van der Waals surface area contributed by atoms with Crippen LogP contribution in [0.2, 0.25) is 0 Å². The molecule has 0 saturated carbocycles. The molecule has 132 valence electrons. The summed E-state index contributed by atoms with van der Waals surface area (Å²) in [5, 5.41) is 21.2. The number of aromatic hydroxyl groups is 1. The van der Waals surface area contributed by atoms with E-state index in [2.05, 4.69) is 19.2 Å². The third-order valence-corrected chi connectivity index (χ3v) is 3.73. The van der Waals surface area contributed by atoms with E-state index in [4.69, 9.17) is 9.84 Å². The number of carbonyl (C=O) groups is 2. The summed E-state index contributed by atoms with van der Waals surface area (Å²) in [5.41, 5.74) is 1.15. The van der Waals surface area contributed by atoms with E-state index in [1.807, 2.05) is 12.1 Å². The van der Waals surface area contributed by atoms with Crippen molar-refractivity contribution in [2.24, 2.45) is 0 Å². The molecule has 6 nitrogen and oxygen atoms in total. The Morgan fingerprint density at radius 2 is 1.68 bits per heavy atom. The quantitative estimate of drug-likeness (QED) is 0.696. The SMILES string of the molecule is CC(Oc1ccc(C(C)C)cc1)C(=O)Nc1cc(C(=O)O)ccc1O. The molecule has 0 bridgehead atoms. The van der Waals surface area contributed by atoms with Gasteiger partial charge in [0.25, 0.3) is 5.91 Å². The molecule has 0 radical (unpaired) electrons. The Labute approximate surface area is 146 Å². The number of hydrogen-bond acceptors (Lipinski definition) is 4. The molecular weight excluding hydrogens is 322 g/mol. The zero-order chi connectivity index (χ0) is 18.6. The first-order valence-corrected chi connectivity index (χ1v) is 7.91. The maximum Gasteiger partial charge on any atom is 0.335 e. The lowest BCUT2D eigenvalue weighted by Gasteiger charge is -2.16.